The molecule has 0 radical (unpaired) electrons. The summed E-state index contributed by atoms with van der Waals surface area (Å²) < 4.78 is 3.76. The minimum atomic E-state index is 0.796. The number of aryl methyl sites for hydroxylation is 1. The van der Waals surface area contributed by atoms with Crippen LogP contribution in [0.15, 0.2) is 16.6 Å². The fourth-order valence-corrected chi connectivity index (χ4v) is 3.67. The third-order valence-electron chi connectivity index (χ3n) is 2.47. The third kappa shape index (κ3) is 2.73. The molecule has 0 saturated carbocycles. The second-order valence-electron chi connectivity index (χ2n) is 3.69. The second kappa shape index (κ2) is 5.52. The minimum absolute atomic E-state index is 0.796. The van der Waals surface area contributed by atoms with Crippen molar-refractivity contribution < 1.29 is 0 Å². The van der Waals surface area contributed by atoms with Gasteiger partial charge in [-0.05, 0) is 35.1 Å². The van der Waals surface area contributed by atoms with Gasteiger partial charge in [0.05, 0.1) is 25.1 Å². The van der Waals surface area contributed by atoms with Gasteiger partial charge in [0.25, 0.3) is 0 Å². The van der Waals surface area contributed by atoms with Gasteiger partial charge in [-0.2, -0.15) is 5.10 Å². The van der Waals surface area contributed by atoms with Gasteiger partial charge in [-0.1, -0.05) is 11.6 Å². The van der Waals surface area contributed by atoms with E-state index in [4.69, 9.17) is 11.6 Å². The summed E-state index contributed by atoms with van der Waals surface area (Å²) in [5.41, 5.74) is 2.16. The van der Waals surface area contributed by atoms with Gasteiger partial charge < -0.3 is 5.32 Å². The van der Waals surface area contributed by atoms with Crippen LogP contribution in [0.3, 0.4) is 0 Å². The molecule has 0 aliphatic heterocycles. The molecule has 0 saturated heterocycles. The molecular formula is C11H13BrClN3S. The van der Waals surface area contributed by atoms with E-state index in [1.165, 1.54) is 0 Å². The van der Waals surface area contributed by atoms with Crippen LogP contribution >= 0.6 is 38.9 Å². The average Bonchev–Trinajstić information content (AvgIpc) is 2.81. The highest BCUT2D eigenvalue weighted by molar-refractivity contribution is 9.10. The molecule has 3 nitrogen and oxygen atoms in total. The van der Waals surface area contributed by atoms with Crippen molar-refractivity contribution in [1.29, 1.82) is 0 Å². The van der Waals surface area contributed by atoms with Gasteiger partial charge in [-0.15, -0.1) is 11.3 Å². The highest BCUT2D eigenvalue weighted by atomic mass is 79.9. The first-order chi connectivity index (χ1) is 8.13. The molecule has 2 aromatic rings. The number of rotatable bonds is 4. The lowest BCUT2D eigenvalue weighted by molar-refractivity contribution is 0.720. The van der Waals surface area contributed by atoms with Crippen LogP contribution in [-0.2, 0) is 13.5 Å². The first-order valence-corrected chi connectivity index (χ1v) is 7.24. The van der Waals surface area contributed by atoms with Crippen molar-refractivity contribution in [3.63, 3.8) is 0 Å². The summed E-state index contributed by atoms with van der Waals surface area (Å²) in [6, 6.07) is 3.94. The number of nitrogens with zero attached hydrogens (tertiary/aromatic N) is 2. The predicted octanol–water partition coefficient (Wildman–Crippen LogP) is 3.33. The second-order valence-corrected chi connectivity index (χ2v) is 6.20. The number of hydrogen-bond donors (Lipinski definition) is 1. The summed E-state index contributed by atoms with van der Waals surface area (Å²) in [7, 11) is 3.90. The fourth-order valence-electron chi connectivity index (χ4n) is 1.67. The van der Waals surface area contributed by atoms with Crippen LogP contribution in [0.1, 0.15) is 5.69 Å². The Hall–Kier alpha value is -0.360. The van der Waals surface area contributed by atoms with Gasteiger partial charge >= 0.3 is 0 Å². The summed E-state index contributed by atoms with van der Waals surface area (Å²) in [4.78, 5) is 1.13. The monoisotopic (exact) mass is 333 g/mol. The Morgan fingerprint density at radius 2 is 2.29 bits per heavy atom. The van der Waals surface area contributed by atoms with E-state index in [1.807, 2.05) is 30.9 Å². The van der Waals surface area contributed by atoms with Crippen molar-refractivity contribution >= 4 is 38.9 Å². The predicted molar refractivity (Wildman–Crippen MR) is 76.9 cm³/mol. The molecule has 1 N–H and O–H groups in total. The summed E-state index contributed by atoms with van der Waals surface area (Å²) in [6.07, 6.45) is 0.907. The smallest absolute Gasteiger partial charge is 0.0935 e. The van der Waals surface area contributed by atoms with Crippen molar-refractivity contribution in [2.24, 2.45) is 7.05 Å². The number of aromatic nitrogens is 2. The highest BCUT2D eigenvalue weighted by Gasteiger charge is 2.16. The van der Waals surface area contributed by atoms with E-state index in [9.17, 15) is 0 Å². The molecule has 6 heteroatoms. The van der Waals surface area contributed by atoms with Crippen molar-refractivity contribution in [3.8, 4) is 10.6 Å². The van der Waals surface area contributed by atoms with Gasteiger partial charge in [-0.3, -0.25) is 4.68 Å². The van der Waals surface area contributed by atoms with E-state index in [1.54, 1.807) is 11.3 Å². The molecule has 0 atom stereocenters. The fraction of sp³-hybridized carbons (Fsp3) is 0.364. The summed E-state index contributed by atoms with van der Waals surface area (Å²) in [5, 5.41) is 7.65. The number of nitrogens with one attached hydrogen (secondary N) is 1. The van der Waals surface area contributed by atoms with Gasteiger partial charge in [-0.25, -0.2) is 0 Å². The topological polar surface area (TPSA) is 29.9 Å². The SMILES string of the molecule is CNCCc1nn(C)c(-c2ccc(Cl)s2)c1Br. The van der Waals surface area contributed by atoms with Crippen LogP contribution in [0, 0.1) is 0 Å². The van der Waals surface area contributed by atoms with E-state index in [-0.39, 0.29) is 0 Å². The van der Waals surface area contributed by atoms with E-state index < -0.39 is 0 Å². The molecule has 2 heterocycles. The van der Waals surface area contributed by atoms with E-state index in [2.05, 4.69) is 26.3 Å². The van der Waals surface area contributed by atoms with Gasteiger partial charge in [0, 0.05) is 20.0 Å². The molecule has 0 fully saturated rings. The number of halogens is 2. The Bertz CT molecular complexity index is 521. The Kier molecular flexibility index (Phi) is 4.25. The molecule has 0 aromatic carbocycles. The summed E-state index contributed by atoms with van der Waals surface area (Å²) >= 11 is 11.2. The molecule has 0 aliphatic carbocycles. The van der Waals surface area contributed by atoms with Gasteiger partial charge in [0.15, 0.2) is 0 Å². The molecule has 0 unspecified atom stereocenters. The minimum Gasteiger partial charge on any atom is -0.319 e. The molecule has 0 spiro atoms. The molecule has 0 aliphatic rings. The van der Waals surface area contributed by atoms with Crippen LogP contribution in [-0.4, -0.2) is 23.4 Å². The maximum absolute atomic E-state index is 5.97. The molecule has 2 rings (SSSR count). The van der Waals surface area contributed by atoms with E-state index >= 15 is 0 Å². The van der Waals surface area contributed by atoms with Crippen LogP contribution in [0.25, 0.3) is 10.6 Å². The van der Waals surface area contributed by atoms with E-state index in [0.29, 0.717) is 0 Å². The lowest BCUT2D eigenvalue weighted by Crippen LogP contribution is -2.11. The number of likely N-dealkylation sites (N-methyl/N-ethyl adjacent to an activating group) is 1. The third-order valence-corrected chi connectivity index (χ3v) is 4.55. The molecule has 92 valence electrons. The standard InChI is InChI=1S/C11H13BrClN3S/c1-14-6-5-7-10(12)11(16(2)15-7)8-3-4-9(13)17-8/h3-4,14H,5-6H2,1-2H3. The highest BCUT2D eigenvalue weighted by Crippen LogP contribution is 2.36. The Morgan fingerprint density at radius 1 is 1.53 bits per heavy atom. The van der Waals surface area contributed by atoms with Crippen LogP contribution in [0.5, 0.6) is 0 Å². The molecular weight excluding hydrogens is 322 g/mol. The maximum atomic E-state index is 5.97. The van der Waals surface area contributed by atoms with Gasteiger partial charge in [0.1, 0.15) is 0 Å². The van der Waals surface area contributed by atoms with Crippen molar-refractivity contribution in [3.05, 3.63) is 26.6 Å². The summed E-state index contributed by atoms with van der Waals surface area (Å²) in [6.45, 7) is 0.917. The maximum Gasteiger partial charge on any atom is 0.0935 e. The first kappa shape index (κ1) is 13.1. The quantitative estimate of drug-likeness (QED) is 0.929. The average molecular weight is 335 g/mol. The zero-order valence-corrected chi connectivity index (χ0v) is 12.8. The lowest BCUT2D eigenvalue weighted by Gasteiger charge is -1.98. The van der Waals surface area contributed by atoms with Crippen molar-refractivity contribution in [2.45, 2.75) is 6.42 Å². The zero-order valence-electron chi connectivity index (χ0n) is 9.63. The number of hydrogen-bond acceptors (Lipinski definition) is 3. The normalized spacial score (nSPS) is 11.1. The lowest BCUT2D eigenvalue weighted by atomic mass is 10.2. The van der Waals surface area contributed by atoms with Gasteiger partial charge in [0.2, 0.25) is 0 Å². The van der Waals surface area contributed by atoms with Crippen LogP contribution < -0.4 is 5.32 Å². The van der Waals surface area contributed by atoms with E-state index in [0.717, 1.165) is 38.0 Å². The van der Waals surface area contributed by atoms with Crippen LogP contribution in [0.2, 0.25) is 4.34 Å². The largest absolute Gasteiger partial charge is 0.319 e. The van der Waals surface area contributed by atoms with Crippen LogP contribution in [0.4, 0.5) is 0 Å². The molecule has 2 aromatic heterocycles. The zero-order chi connectivity index (χ0) is 12.4. The van der Waals surface area contributed by atoms with Crippen molar-refractivity contribution in [2.75, 3.05) is 13.6 Å². The molecule has 0 amide bonds. The molecule has 17 heavy (non-hydrogen) atoms. The van der Waals surface area contributed by atoms with Crippen molar-refractivity contribution in [1.82, 2.24) is 15.1 Å². The first-order valence-electron chi connectivity index (χ1n) is 5.25. The Labute approximate surface area is 118 Å². The number of thiophene rings is 1. The molecule has 0 bridgehead atoms. The Balaban J connectivity index is 2.37. The summed E-state index contributed by atoms with van der Waals surface area (Å²) in [5.74, 6) is 0. The Morgan fingerprint density at radius 3 is 2.88 bits per heavy atom.